The maximum atomic E-state index is 14.8. The summed E-state index contributed by atoms with van der Waals surface area (Å²) in [4.78, 5) is 37.4. The molecule has 1 aromatic carbocycles. The van der Waals surface area contributed by atoms with E-state index < -0.39 is 34.8 Å². The van der Waals surface area contributed by atoms with Crippen molar-refractivity contribution in [1.82, 2.24) is 24.8 Å². The van der Waals surface area contributed by atoms with Crippen LogP contribution in [-0.4, -0.2) is 67.8 Å². The predicted molar refractivity (Wildman–Crippen MR) is 189 cm³/mol. The minimum atomic E-state index is -4.96. The van der Waals surface area contributed by atoms with E-state index in [9.17, 15) is 31.5 Å². The number of carbonyl (C=O) groups excluding carboxylic acids is 2. The number of hydrogen-bond donors (Lipinski definition) is 1. The van der Waals surface area contributed by atoms with Gasteiger partial charge in [-0.2, -0.15) is 13.2 Å². The van der Waals surface area contributed by atoms with Crippen LogP contribution < -0.4 is 10.1 Å². The first kappa shape index (κ1) is 36.4. The van der Waals surface area contributed by atoms with Crippen molar-refractivity contribution in [2.75, 3.05) is 13.1 Å². The molecule has 286 valence electrons. The second kappa shape index (κ2) is 13.3. The molecule has 0 radical (unpaired) electrons. The molecule has 3 heterocycles. The second-order valence-corrected chi connectivity index (χ2v) is 16.5. The van der Waals surface area contributed by atoms with Crippen LogP contribution in [0.1, 0.15) is 113 Å². The molecule has 0 spiro atoms. The lowest BCUT2D eigenvalue weighted by Crippen LogP contribution is -2.69. The normalized spacial score (nSPS) is 30.8. The maximum Gasteiger partial charge on any atom is 0.434 e. The lowest BCUT2D eigenvalue weighted by molar-refractivity contribution is -0.151. The summed E-state index contributed by atoms with van der Waals surface area (Å²) in [7, 11) is 0. The Morgan fingerprint density at radius 3 is 2.19 bits per heavy atom. The van der Waals surface area contributed by atoms with Crippen molar-refractivity contribution in [3.8, 4) is 17.1 Å². The van der Waals surface area contributed by atoms with E-state index in [1.807, 2.05) is 21.6 Å². The highest BCUT2D eigenvalue weighted by Crippen LogP contribution is 2.58. The van der Waals surface area contributed by atoms with Gasteiger partial charge in [0.2, 0.25) is 0 Å². The zero-order valence-electron chi connectivity index (χ0n) is 30.5. The summed E-state index contributed by atoms with van der Waals surface area (Å²) < 4.78 is 79.6. The molecule has 3 aromatic rings. The molecule has 8 nitrogen and oxygen atoms in total. The zero-order chi connectivity index (χ0) is 37.4. The predicted octanol–water partition coefficient (Wildman–Crippen LogP) is 8.63. The first-order valence-corrected chi connectivity index (χ1v) is 19.4. The lowest BCUT2D eigenvalue weighted by Gasteiger charge is -2.60. The van der Waals surface area contributed by atoms with Crippen LogP contribution in [0, 0.1) is 23.7 Å². The third-order valence-electron chi connectivity index (χ3n) is 13.3. The fourth-order valence-corrected chi connectivity index (χ4v) is 10.9. The van der Waals surface area contributed by atoms with Crippen LogP contribution >= 0.6 is 0 Å². The number of likely N-dealkylation sites (tertiary alicyclic amines) is 1. The lowest BCUT2D eigenvalue weighted by atomic mass is 9.47. The van der Waals surface area contributed by atoms with Crippen molar-refractivity contribution < 1.29 is 36.3 Å². The number of aromatic nitrogens is 3. The fraction of sp³-hybridized carbons (Fsp3) is 0.650. The molecule has 53 heavy (non-hydrogen) atoms. The van der Waals surface area contributed by atoms with Crippen LogP contribution in [0.5, 0.6) is 5.75 Å². The largest absolute Gasteiger partial charge is 0.490 e. The van der Waals surface area contributed by atoms with E-state index in [1.165, 1.54) is 6.92 Å². The van der Waals surface area contributed by atoms with Crippen molar-refractivity contribution in [3.63, 3.8) is 0 Å². The number of rotatable bonds is 10. The third kappa shape index (κ3) is 6.42. The first-order valence-electron chi connectivity index (χ1n) is 19.4. The van der Waals surface area contributed by atoms with Gasteiger partial charge in [0, 0.05) is 41.5 Å². The summed E-state index contributed by atoms with van der Waals surface area (Å²) in [6.45, 7) is 5.19. The summed E-state index contributed by atoms with van der Waals surface area (Å²) in [6, 6.07) is 5.69. The van der Waals surface area contributed by atoms with Gasteiger partial charge in [-0.15, -0.1) is 0 Å². The highest BCUT2D eigenvalue weighted by atomic mass is 19.4. The molecule has 5 saturated carbocycles. The fourth-order valence-electron chi connectivity index (χ4n) is 10.9. The van der Waals surface area contributed by atoms with Crippen LogP contribution in [0.25, 0.3) is 22.3 Å². The molecule has 13 heteroatoms. The number of nitrogens with one attached hydrogen (secondary N) is 1. The van der Waals surface area contributed by atoms with E-state index in [1.54, 1.807) is 12.3 Å². The SMILES string of the molecule is CCC(CC)n1cc(-c2ncc(C(=O)NC3(C(C)=O)C4CC5CC(C4)CC3C5)c(C(F)(F)F)n2)c2ccc(OC3CCC(N4CC(F)(F)C4)CC3)cc21. The van der Waals surface area contributed by atoms with Gasteiger partial charge in [-0.3, -0.25) is 14.5 Å². The number of alkyl halides is 5. The number of ether oxygens (including phenoxy) is 1. The molecule has 6 fully saturated rings. The second-order valence-electron chi connectivity index (χ2n) is 16.5. The maximum absolute atomic E-state index is 14.8. The van der Waals surface area contributed by atoms with Crippen molar-refractivity contribution in [2.24, 2.45) is 23.7 Å². The summed E-state index contributed by atoms with van der Waals surface area (Å²) >= 11 is 0. The molecular weight excluding hydrogens is 693 g/mol. The quantitative estimate of drug-likeness (QED) is 0.210. The molecule has 1 aliphatic heterocycles. The smallest absolute Gasteiger partial charge is 0.434 e. The summed E-state index contributed by atoms with van der Waals surface area (Å²) in [5.74, 6) is -2.46. The van der Waals surface area contributed by atoms with Crippen LogP contribution in [0.3, 0.4) is 0 Å². The Balaban J connectivity index is 1.08. The van der Waals surface area contributed by atoms with E-state index >= 15 is 0 Å². The highest BCUT2D eigenvalue weighted by molar-refractivity contribution is 6.01. The van der Waals surface area contributed by atoms with E-state index in [2.05, 4.69) is 29.1 Å². The van der Waals surface area contributed by atoms with E-state index in [-0.39, 0.29) is 54.7 Å². The van der Waals surface area contributed by atoms with E-state index in [4.69, 9.17) is 4.74 Å². The van der Waals surface area contributed by atoms with Crippen molar-refractivity contribution in [3.05, 3.63) is 41.9 Å². The summed E-state index contributed by atoms with van der Waals surface area (Å²) in [6.07, 6.45) is 6.63. The van der Waals surface area contributed by atoms with Crippen LogP contribution in [0.4, 0.5) is 22.0 Å². The molecule has 0 unspecified atom stereocenters. The Bertz CT molecular complexity index is 1860. The van der Waals surface area contributed by atoms with Gasteiger partial charge in [-0.05, 0) is 113 Å². The number of hydrogen-bond acceptors (Lipinski definition) is 6. The Labute approximate surface area is 306 Å². The standard InChI is InChI=1S/C40H48F5N5O3/c1-4-27(5-2)50-19-33(31-11-10-30(17-34(31)50)53-29-8-6-28(7-9-29)49-20-38(41,42)21-49)36-46-18-32(35(47-36)40(43,44)45)37(52)48-39(22(3)51)25-13-23-12-24(15-25)16-26(39)14-23/h10-11,17-19,23-29H,4-9,12-16,20-21H2,1-3H3,(H,48,52). The number of benzene rings is 1. The number of fused-ring (bicyclic) bond motifs is 1. The molecule has 1 saturated heterocycles. The zero-order valence-corrected chi connectivity index (χ0v) is 30.5. The molecule has 5 aliphatic carbocycles. The number of amides is 1. The van der Waals surface area contributed by atoms with Crippen molar-refractivity contribution in [2.45, 2.75) is 127 Å². The van der Waals surface area contributed by atoms with Gasteiger partial charge >= 0.3 is 6.18 Å². The Kier molecular flexibility index (Phi) is 9.13. The highest BCUT2D eigenvalue weighted by Gasteiger charge is 2.60. The number of Topliss-reactive ketones (excluding diaryl/α,β-unsaturated/α-hetero) is 1. The van der Waals surface area contributed by atoms with Crippen LogP contribution in [0.15, 0.2) is 30.6 Å². The van der Waals surface area contributed by atoms with Crippen LogP contribution in [-0.2, 0) is 11.0 Å². The molecular formula is C40H48F5N5O3. The van der Waals surface area contributed by atoms with Gasteiger partial charge in [0.15, 0.2) is 17.3 Å². The minimum Gasteiger partial charge on any atom is -0.490 e. The van der Waals surface area contributed by atoms with Crippen LogP contribution in [0.2, 0.25) is 0 Å². The minimum absolute atomic E-state index is 0.0440. The molecule has 0 atom stereocenters. The monoisotopic (exact) mass is 741 g/mol. The summed E-state index contributed by atoms with van der Waals surface area (Å²) in [5, 5.41) is 3.52. The van der Waals surface area contributed by atoms with Crippen molar-refractivity contribution in [1.29, 1.82) is 0 Å². The van der Waals surface area contributed by atoms with Gasteiger partial charge < -0.3 is 14.6 Å². The number of ketones is 1. The van der Waals surface area contributed by atoms with Gasteiger partial charge in [-0.1, -0.05) is 13.8 Å². The third-order valence-corrected chi connectivity index (χ3v) is 13.3. The average molecular weight is 742 g/mol. The molecule has 6 aliphatic rings. The molecule has 2 aromatic heterocycles. The average Bonchev–Trinajstić information content (AvgIpc) is 3.47. The topological polar surface area (TPSA) is 89.3 Å². The van der Waals surface area contributed by atoms with Crippen molar-refractivity contribution >= 4 is 22.6 Å². The number of halogens is 5. The van der Waals surface area contributed by atoms with E-state index in [0.29, 0.717) is 28.5 Å². The Morgan fingerprint density at radius 2 is 1.62 bits per heavy atom. The van der Waals surface area contributed by atoms with Gasteiger partial charge in [0.25, 0.3) is 11.8 Å². The molecule has 1 N–H and O–H groups in total. The van der Waals surface area contributed by atoms with Gasteiger partial charge in [-0.25, -0.2) is 18.7 Å². The number of carbonyl (C=O) groups is 2. The molecule has 1 amide bonds. The molecule has 4 bridgehead atoms. The van der Waals surface area contributed by atoms with Gasteiger partial charge in [0.05, 0.1) is 30.3 Å². The Hall–Kier alpha value is -3.61. The van der Waals surface area contributed by atoms with E-state index in [0.717, 1.165) is 82.3 Å². The van der Waals surface area contributed by atoms with Gasteiger partial charge in [0.1, 0.15) is 11.3 Å². The molecule has 9 rings (SSSR count). The first-order chi connectivity index (χ1) is 25.2. The Morgan fingerprint density at radius 1 is 0.981 bits per heavy atom. The number of nitrogens with zero attached hydrogens (tertiary/aromatic N) is 4. The summed E-state index contributed by atoms with van der Waals surface area (Å²) in [5.41, 5.74) is -2.02.